The van der Waals surface area contributed by atoms with Gasteiger partial charge in [0.25, 0.3) is 0 Å². The third-order valence-electron chi connectivity index (χ3n) is 2.04. The molecule has 2 N–H and O–H groups in total. The number of nitrogens with zero attached hydrogens (tertiary/aromatic N) is 1. The van der Waals surface area contributed by atoms with Gasteiger partial charge in [-0.2, -0.15) is 0 Å². The molecule has 0 aliphatic heterocycles. The van der Waals surface area contributed by atoms with E-state index in [1.807, 2.05) is 25.1 Å². The lowest BCUT2D eigenvalue weighted by Gasteiger charge is -2.16. The summed E-state index contributed by atoms with van der Waals surface area (Å²) in [5.41, 5.74) is 6.56. The fourth-order valence-corrected chi connectivity index (χ4v) is 1.48. The second-order valence-electron chi connectivity index (χ2n) is 3.82. The largest absolute Gasteiger partial charge is 0.326 e. The second kappa shape index (κ2) is 5.08. The minimum atomic E-state index is -0.165. The lowest BCUT2D eigenvalue weighted by molar-refractivity contribution is 0.369. The molecule has 14 heavy (non-hydrogen) atoms. The van der Waals surface area contributed by atoms with E-state index in [0.29, 0.717) is 12.0 Å². The lowest BCUT2D eigenvalue weighted by atomic mass is 10.1. The van der Waals surface area contributed by atoms with Crippen LogP contribution < -0.4 is 5.73 Å². The van der Waals surface area contributed by atoms with Crippen molar-refractivity contribution in [3.63, 3.8) is 0 Å². The molecular weight excluding hydrogens is 179 g/mol. The summed E-state index contributed by atoms with van der Waals surface area (Å²) in [7, 11) is 3.92. The SMILES string of the molecule is CN(C)CC(N)Cc1ccccc1F. The summed E-state index contributed by atoms with van der Waals surface area (Å²) < 4.78 is 13.2. The van der Waals surface area contributed by atoms with Gasteiger partial charge in [-0.3, -0.25) is 0 Å². The van der Waals surface area contributed by atoms with Crippen LogP contribution in [0.1, 0.15) is 5.56 Å². The van der Waals surface area contributed by atoms with Crippen LogP contribution in [0.5, 0.6) is 0 Å². The molecule has 0 bridgehead atoms. The Hall–Kier alpha value is -0.930. The van der Waals surface area contributed by atoms with Gasteiger partial charge in [0.2, 0.25) is 0 Å². The van der Waals surface area contributed by atoms with Crippen LogP contribution in [-0.2, 0) is 6.42 Å². The smallest absolute Gasteiger partial charge is 0.126 e. The standard InChI is InChI=1S/C11H17FN2/c1-14(2)8-10(13)7-9-5-3-4-6-11(9)12/h3-6,10H,7-8,13H2,1-2H3. The summed E-state index contributed by atoms with van der Waals surface area (Å²) in [6, 6.07) is 6.77. The Bertz CT molecular complexity index is 286. The fourth-order valence-electron chi connectivity index (χ4n) is 1.48. The highest BCUT2D eigenvalue weighted by Crippen LogP contribution is 2.08. The zero-order chi connectivity index (χ0) is 10.6. The third-order valence-corrected chi connectivity index (χ3v) is 2.04. The molecule has 78 valence electrons. The number of hydrogen-bond donors (Lipinski definition) is 1. The summed E-state index contributed by atoms with van der Waals surface area (Å²) in [5.74, 6) is -0.165. The molecule has 0 aliphatic rings. The maximum atomic E-state index is 13.2. The Morgan fingerprint density at radius 2 is 2.00 bits per heavy atom. The Balaban J connectivity index is 2.56. The third kappa shape index (κ3) is 3.44. The van der Waals surface area contributed by atoms with Gasteiger partial charge in [-0.25, -0.2) is 4.39 Å². The van der Waals surface area contributed by atoms with Crippen molar-refractivity contribution in [2.45, 2.75) is 12.5 Å². The highest BCUT2D eigenvalue weighted by Gasteiger charge is 2.08. The van der Waals surface area contributed by atoms with Crippen molar-refractivity contribution in [3.8, 4) is 0 Å². The lowest BCUT2D eigenvalue weighted by Crippen LogP contribution is -2.35. The molecule has 0 saturated heterocycles. The first kappa shape index (κ1) is 11.1. The van der Waals surface area contributed by atoms with Crippen LogP contribution >= 0.6 is 0 Å². The van der Waals surface area contributed by atoms with E-state index in [4.69, 9.17) is 5.73 Å². The minimum Gasteiger partial charge on any atom is -0.326 e. The molecule has 0 radical (unpaired) electrons. The van der Waals surface area contributed by atoms with Crippen LogP contribution in [-0.4, -0.2) is 31.6 Å². The highest BCUT2D eigenvalue weighted by molar-refractivity contribution is 5.18. The average molecular weight is 196 g/mol. The normalized spacial score (nSPS) is 13.2. The van der Waals surface area contributed by atoms with Crippen molar-refractivity contribution in [1.29, 1.82) is 0 Å². The van der Waals surface area contributed by atoms with Crippen LogP contribution in [0.2, 0.25) is 0 Å². The van der Waals surface area contributed by atoms with Gasteiger partial charge >= 0.3 is 0 Å². The van der Waals surface area contributed by atoms with E-state index in [0.717, 1.165) is 6.54 Å². The number of likely N-dealkylation sites (N-methyl/N-ethyl adjacent to an activating group) is 1. The topological polar surface area (TPSA) is 29.3 Å². The summed E-state index contributed by atoms with van der Waals surface area (Å²) in [4.78, 5) is 2.01. The molecule has 0 aliphatic carbocycles. The predicted molar refractivity (Wildman–Crippen MR) is 56.6 cm³/mol. The summed E-state index contributed by atoms with van der Waals surface area (Å²) in [5, 5.41) is 0. The fraction of sp³-hybridized carbons (Fsp3) is 0.455. The first-order chi connectivity index (χ1) is 6.59. The van der Waals surface area contributed by atoms with Crippen molar-refractivity contribution in [3.05, 3.63) is 35.6 Å². The van der Waals surface area contributed by atoms with E-state index in [-0.39, 0.29) is 11.9 Å². The predicted octanol–water partition coefficient (Wildman–Crippen LogP) is 1.26. The highest BCUT2D eigenvalue weighted by atomic mass is 19.1. The number of hydrogen-bond acceptors (Lipinski definition) is 2. The molecule has 0 amide bonds. The van der Waals surface area contributed by atoms with Crippen LogP contribution in [0.3, 0.4) is 0 Å². The van der Waals surface area contributed by atoms with E-state index in [1.54, 1.807) is 12.1 Å². The van der Waals surface area contributed by atoms with Crippen LogP contribution in [0.15, 0.2) is 24.3 Å². The van der Waals surface area contributed by atoms with Crippen molar-refractivity contribution < 1.29 is 4.39 Å². The molecule has 1 aromatic rings. The van der Waals surface area contributed by atoms with Crippen LogP contribution in [0.25, 0.3) is 0 Å². The molecule has 0 spiro atoms. The summed E-state index contributed by atoms with van der Waals surface area (Å²) in [6.07, 6.45) is 0.588. The molecule has 1 aromatic carbocycles. The summed E-state index contributed by atoms with van der Waals surface area (Å²) in [6.45, 7) is 0.772. The minimum absolute atomic E-state index is 0.0121. The van der Waals surface area contributed by atoms with E-state index in [1.165, 1.54) is 6.07 Å². The zero-order valence-corrected chi connectivity index (χ0v) is 8.70. The number of nitrogens with two attached hydrogens (primary N) is 1. The zero-order valence-electron chi connectivity index (χ0n) is 8.70. The maximum Gasteiger partial charge on any atom is 0.126 e. The van der Waals surface area contributed by atoms with Crippen molar-refractivity contribution in [1.82, 2.24) is 4.90 Å². The molecule has 0 aromatic heterocycles. The monoisotopic (exact) mass is 196 g/mol. The molecule has 0 saturated carbocycles. The number of benzene rings is 1. The van der Waals surface area contributed by atoms with Gasteiger partial charge in [0.05, 0.1) is 0 Å². The van der Waals surface area contributed by atoms with Crippen molar-refractivity contribution in [2.24, 2.45) is 5.73 Å². The van der Waals surface area contributed by atoms with Gasteiger partial charge in [-0.15, -0.1) is 0 Å². The molecule has 3 heteroatoms. The first-order valence-electron chi connectivity index (χ1n) is 4.73. The van der Waals surface area contributed by atoms with E-state index < -0.39 is 0 Å². The molecule has 0 fully saturated rings. The Morgan fingerprint density at radius 3 is 2.57 bits per heavy atom. The Labute approximate surface area is 84.5 Å². The molecule has 2 nitrogen and oxygen atoms in total. The van der Waals surface area contributed by atoms with Crippen LogP contribution in [0.4, 0.5) is 4.39 Å². The van der Waals surface area contributed by atoms with E-state index in [9.17, 15) is 4.39 Å². The van der Waals surface area contributed by atoms with Gasteiger partial charge in [0.15, 0.2) is 0 Å². The molecule has 1 rings (SSSR count). The van der Waals surface area contributed by atoms with Crippen LogP contribution in [0, 0.1) is 5.82 Å². The second-order valence-corrected chi connectivity index (χ2v) is 3.82. The number of rotatable bonds is 4. The average Bonchev–Trinajstić information content (AvgIpc) is 2.07. The van der Waals surface area contributed by atoms with Crippen molar-refractivity contribution >= 4 is 0 Å². The Morgan fingerprint density at radius 1 is 1.36 bits per heavy atom. The molecular formula is C11H17FN2. The summed E-state index contributed by atoms with van der Waals surface area (Å²) >= 11 is 0. The quantitative estimate of drug-likeness (QED) is 0.785. The van der Waals surface area contributed by atoms with Gasteiger partial charge in [-0.1, -0.05) is 18.2 Å². The first-order valence-corrected chi connectivity index (χ1v) is 4.73. The van der Waals surface area contributed by atoms with Gasteiger partial charge in [0.1, 0.15) is 5.82 Å². The molecule has 0 heterocycles. The van der Waals surface area contributed by atoms with E-state index in [2.05, 4.69) is 0 Å². The van der Waals surface area contributed by atoms with E-state index >= 15 is 0 Å². The molecule has 1 atom stereocenters. The van der Waals surface area contributed by atoms with Gasteiger partial charge < -0.3 is 10.6 Å². The van der Waals surface area contributed by atoms with Gasteiger partial charge in [0, 0.05) is 12.6 Å². The molecule has 1 unspecified atom stereocenters. The Kier molecular flexibility index (Phi) is 4.04. The van der Waals surface area contributed by atoms with Gasteiger partial charge in [-0.05, 0) is 32.1 Å². The number of halogens is 1. The maximum absolute atomic E-state index is 13.2. The van der Waals surface area contributed by atoms with Crippen molar-refractivity contribution in [2.75, 3.05) is 20.6 Å².